The molecule has 1 atom stereocenters. The molecule has 150 valence electrons. The number of para-hydroxylation sites is 2. The first-order valence-electron chi connectivity index (χ1n) is 9.14. The summed E-state index contributed by atoms with van der Waals surface area (Å²) in [6.45, 7) is 1.69. The number of anilines is 2. The Morgan fingerprint density at radius 3 is 2.43 bits per heavy atom. The van der Waals surface area contributed by atoms with Crippen LogP contribution in [-0.4, -0.2) is 46.5 Å². The van der Waals surface area contributed by atoms with E-state index < -0.39 is 10.0 Å². The van der Waals surface area contributed by atoms with Crippen molar-refractivity contribution in [1.82, 2.24) is 4.90 Å². The molecule has 0 aliphatic carbocycles. The zero-order valence-corrected chi connectivity index (χ0v) is 16.8. The molecule has 7 nitrogen and oxygen atoms in total. The molecule has 0 bridgehead atoms. The van der Waals surface area contributed by atoms with Gasteiger partial charge >= 0.3 is 0 Å². The van der Waals surface area contributed by atoms with E-state index in [2.05, 4.69) is 14.9 Å². The number of hydrogen-bond acceptors (Lipinski definition) is 5. The van der Waals surface area contributed by atoms with Crippen LogP contribution in [0.1, 0.15) is 12.8 Å². The van der Waals surface area contributed by atoms with Crippen LogP contribution in [0.25, 0.3) is 0 Å². The van der Waals surface area contributed by atoms with Gasteiger partial charge in [0, 0.05) is 6.54 Å². The summed E-state index contributed by atoms with van der Waals surface area (Å²) in [6, 6.07) is 12.9. The molecule has 2 aromatic rings. The quantitative estimate of drug-likeness (QED) is 0.774. The van der Waals surface area contributed by atoms with E-state index in [0.29, 0.717) is 23.7 Å². The Bertz CT molecular complexity index is 929. The number of piperidine rings is 1. The van der Waals surface area contributed by atoms with E-state index in [-0.39, 0.29) is 16.7 Å². The van der Waals surface area contributed by atoms with E-state index in [4.69, 9.17) is 4.74 Å². The predicted molar refractivity (Wildman–Crippen MR) is 109 cm³/mol. The van der Waals surface area contributed by atoms with Gasteiger partial charge in [0.2, 0.25) is 5.91 Å². The summed E-state index contributed by atoms with van der Waals surface area (Å²) in [4.78, 5) is 14.9. The lowest BCUT2D eigenvalue weighted by atomic mass is 9.97. The molecule has 0 saturated carbocycles. The standard InChI is InChI=1S/C20H25N3O4S/c1-23-13-5-6-15(14-23)20(24)21-18-7-3-4-8-19(18)22-28(25,26)17-11-9-16(27-2)10-12-17/h3-4,7-12,15,22H,5-6,13-14H2,1-2H3,(H,21,24). The van der Waals surface area contributed by atoms with Crippen molar-refractivity contribution in [2.75, 3.05) is 37.3 Å². The van der Waals surface area contributed by atoms with Crippen molar-refractivity contribution >= 4 is 27.3 Å². The normalized spacial score (nSPS) is 17.7. The monoisotopic (exact) mass is 403 g/mol. The van der Waals surface area contributed by atoms with Gasteiger partial charge in [0.15, 0.2) is 0 Å². The van der Waals surface area contributed by atoms with Crippen molar-refractivity contribution in [2.45, 2.75) is 17.7 Å². The minimum Gasteiger partial charge on any atom is -0.497 e. The molecule has 2 N–H and O–H groups in total. The van der Waals surface area contributed by atoms with Gasteiger partial charge in [-0.05, 0) is 62.8 Å². The van der Waals surface area contributed by atoms with E-state index in [1.54, 1.807) is 36.4 Å². The van der Waals surface area contributed by atoms with E-state index in [1.807, 2.05) is 7.05 Å². The molecule has 1 heterocycles. The molecule has 0 radical (unpaired) electrons. The van der Waals surface area contributed by atoms with E-state index in [0.717, 1.165) is 19.4 Å². The topological polar surface area (TPSA) is 87.7 Å². The third kappa shape index (κ3) is 4.82. The second-order valence-electron chi connectivity index (χ2n) is 6.92. The molecule has 0 spiro atoms. The maximum atomic E-state index is 12.7. The van der Waals surface area contributed by atoms with Gasteiger partial charge in [-0.15, -0.1) is 0 Å². The molecule has 1 aliphatic rings. The number of methoxy groups -OCH3 is 1. The summed E-state index contributed by atoms with van der Waals surface area (Å²) in [5.74, 6) is 0.372. The molecule has 8 heteroatoms. The van der Waals surface area contributed by atoms with Crippen LogP contribution in [-0.2, 0) is 14.8 Å². The van der Waals surface area contributed by atoms with Crippen LogP contribution >= 0.6 is 0 Å². The van der Waals surface area contributed by atoms with Gasteiger partial charge in [-0.25, -0.2) is 8.42 Å². The van der Waals surface area contributed by atoms with Crippen LogP contribution in [0.15, 0.2) is 53.4 Å². The summed E-state index contributed by atoms with van der Waals surface area (Å²) >= 11 is 0. The SMILES string of the molecule is COc1ccc(S(=O)(=O)Nc2ccccc2NC(=O)C2CCCN(C)C2)cc1. The molecule has 1 fully saturated rings. The molecule has 1 unspecified atom stereocenters. The molecule has 1 saturated heterocycles. The third-order valence-corrected chi connectivity index (χ3v) is 6.18. The van der Waals surface area contributed by atoms with E-state index >= 15 is 0 Å². The number of sulfonamides is 1. The average molecular weight is 404 g/mol. The Labute approximate surface area is 165 Å². The van der Waals surface area contributed by atoms with Crippen LogP contribution in [0.4, 0.5) is 11.4 Å². The van der Waals surface area contributed by atoms with Crippen molar-refractivity contribution in [1.29, 1.82) is 0 Å². The van der Waals surface area contributed by atoms with E-state index in [9.17, 15) is 13.2 Å². The van der Waals surface area contributed by atoms with Crippen molar-refractivity contribution in [2.24, 2.45) is 5.92 Å². The van der Waals surface area contributed by atoms with Crippen molar-refractivity contribution < 1.29 is 17.9 Å². The molecule has 0 aromatic heterocycles. The highest BCUT2D eigenvalue weighted by molar-refractivity contribution is 7.92. The fourth-order valence-electron chi connectivity index (χ4n) is 3.25. The van der Waals surface area contributed by atoms with Gasteiger partial charge in [-0.2, -0.15) is 0 Å². The molecule has 28 heavy (non-hydrogen) atoms. The lowest BCUT2D eigenvalue weighted by Gasteiger charge is -2.29. The minimum absolute atomic E-state index is 0.0948. The minimum atomic E-state index is -3.80. The van der Waals surface area contributed by atoms with Gasteiger partial charge in [0.1, 0.15) is 5.75 Å². The fraction of sp³-hybridized carbons (Fsp3) is 0.350. The molecular weight excluding hydrogens is 378 g/mol. The Morgan fingerprint density at radius 1 is 1.11 bits per heavy atom. The predicted octanol–water partition coefficient (Wildman–Crippen LogP) is 2.78. The fourth-order valence-corrected chi connectivity index (χ4v) is 4.33. The maximum Gasteiger partial charge on any atom is 0.261 e. The number of nitrogens with one attached hydrogen (secondary N) is 2. The highest BCUT2D eigenvalue weighted by atomic mass is 32.2. The smallest absolute Gasteiger partial charge is 0.261 e. The lowest BCUT2D eigenvalue weighted by Crippen LogP contribution is -2.38. The van der Waals surface area contributed by atoms with Gasteiger partial charge < -0.3 is 15.0 Å². The molecule has 1 aliphatic heterocycles. The summed E-state index contributed by atoms with van der Waals surface area (Å²) in [6.07, 6.45) is 1.80. The Balaban J connectivity index is 1.76. The molecule has 2 aromatic carbocycles. The van der Waals surface area contributed by atoms with Gasteiger partial charge in [-0.3, -0.25) is 9.52 Å². The third-order valence-electron chi connectivity index (χ3n) is 4.79. The van der Waals surface area contributed by atoms with Gasteiger partial charge in [0.05, 0.1) is 29.3 Å². The molecule has 1 amide bonds. The summed E-state index contributed by atoms with van der Waals surface area (Å²) in [5, 5.41) is 2.88. The first-order chi connectivity index (χ1) is 13.4. The zero-order valence-electron chi connectivity index (χ0n) is 16.0. The Kier molecular flexibility index (Phi) is 6.21. The summed E-state index contributed by atoms with van der Waals surface area (Å²) < 4.78 is 33.1. The van der Waals surface area contributed by atoms with Gasteiger partial charge in [-0.1, -0.05) is 12.1 Å². The second kappa shape index (κ2) is 8.62. The highest BCUT2D eigenvalue weighted by Crippen LogP contribution is 2.26. The van der Waals surface area contributed by atoms with Crippen LogP contribution in [0.2, 0.25) is 0 Å². The van der Waals surface area contributed by atoms with Crippen LogP contribution in [0.3, 0.4) is 0 Å². The number of amides is 1. The molecule has 3 rings (SSSR count). The number of rotatable bonds is 6. The number of ether oxygens (including phenoxy) is 1. The van der Waals surface area contributed by atoms with Crippen LogP contribution in [0.5, 0.6) is 5.75 Å². The Hall–Kier alpha value is -2.58. The number of carbonyl (C=O) groups is 1. The zero-order chi connectivity index (χ0) is 20.1. The first-order valence-corrected chi connectivity index (χ1v) is 10.6. The van der Waals surface area contributed by atoms with Crippen molar-refractivity contribution in [3.05, 3.63) is 48.5 Å². The average Bonchev–Trinajstić information content (AvgIpc) is 2.69. The lowest BCUT2D eigenvalue weighted by molar-refractivity contribution is -0.121. The number of carbonyl (C=O) groups excluding carboxylic acids is 1. The Morgan fingerprint density at radius 2 is 1.79 bits per heavy atom. The van der Waals surface area contributed by atoms with Gasteiger partial charge in [0.25, 0.3) is 10.0 Å². The first kappa shape index (κ1) is 20.2. The van der Waals surface area contributed by atoms with E-state index in [1.165, 1.54) is 19.2 Å². The molecular formula is C20H25N3O4S. The highest BCUT2D eigenvalue weighted by Gasteiger charge is 2.25. The maximum absolute atomic E-state index is 12.7. The number of nitrogens with zero attached hydrogens (tertiary/aromatic N) is 1. The largest absolute Gasteiger partial charge is 0.497 e. The van der Waals surface area contributed by atoms with Crippen LogP contribution in [0, 0.1) is 5.92 Å². The number of hydrogen-bond donors (Lipinski definition) is 2. The van der Waals surface area contributed by atoms with Crippen molar-refractivity contribution in [3.8, 4) is 5.75 Å². The van der Waals surface area contributed by atoms with Crippen molar-refractivity contribution in [3.63, 3.8) is 0 Å². The number of benzene rings is 2. The number of likely N-dealkylation sites (tertiary alicyclic amines) is 1. The second-order valence-corrected chi connectivity index (χ2v) is 8.60. The van der Waals surface area contributed by atoms with Crippen LogP contribution < -0.4 is 14.8 Å². The summed E-state index contributed by atoms with van der Waals surface area (Å²) in [5.41, 5.74) is 0.772. The summed E-state index contributed by atoms with van der Waals surface area (Å²) in [7, 11) is -0.280.